The Hall–Kier alpha value is -2.43. The first-order valence-corrected chi connectivity index (χ1v) is 11.2. The second-order valence-corrected chi connectivity index (χ2v) is 9.08. The number of hydrogen-bond donors (Lipinski definition) is 1. The van der Waals surface area contributed by atoms with Crippen molar-refractivity contribution in [3.05, 3.63) is 87.1 Å². The number of nitrogens with zero attached hydrogens (tertiary/aromatic N) is 1. The van der Waals surface area contributed by atoms with Crippen molar-refractivity contribution >= 4 is 22.9 Å². The Labute approximate surface area is 177 Å². The first kappa shape index (κ1) is 19.9. The van der Waals surface area contributed by atoms with Crippen LogP contribution in [-0.4, -0.2) is 23.9 Å². The van der Waals surface area contributed by atoms with Crippen LogP contribution in [0.15, 0.2) is 60.0 Å². The minimum Gasteiger partial charge on any atom is -0.324 e. The fraction of sp³-hybridized carbons (Fsp3) is 0.320. The quantitative estimate of drug-likeness (QED) is 0.586. The van der Waals surface area contributed by atoms with E-state index in [0.29, 0.717) is 12.5 Å². The standard InChI is InChI=1S/C25H28N2OS/c1-17(2)20-11-7-8-18(3)24(20)26-23(28)16-27-14-12-22-21(13-15-29-22)25(27)19-9-5-4-6-10-19/h4-11,13,15,17,25H,12,14,16H2,1-3H3,(H,26,28)/t25-/m0/s1. The molecule has 1 aliphatic rings. The van der Waals surface area contributed by atoms with Gasteiger partial charge in [-0.2, -0.15) is 0 Å². The molecule has 0 aliphatic carbocycles. The van der Waals surface area contributed by atoms with Gasteiger partial charge < -0.3 is 5.32 Å². The number of rotatable bonds is 5. The van der Waals surface area contributed by atoms with Gasteiger partial charge in [-0.3, -0.25) is 9.69 Å². The summed E-state index contributed by atoms with van der Waals surface area (Å²) in [7, 11) is 0. The number of aryl methyl sites for hydroxylation is 1. The third-order valence-electron chi connectivity index (χ3n) is 5.72. The fourth-order valence-electron chi connectivity index (χ4n) is 4.27. The Kier molecular flexibility index (Phi) is 5.84. The molecule has 0 unspecified atom stereocenters. The summed E-state index contributed by atoms with van der Waals surface area (Å²) >= 11 is 1.83. The summed E-state index contributed by atoms with van der Waals surface area (Å²) < 4.78 is 0. The van der Waals surface area contributed by atoms with E-state index in [0.717, 1.165) is 24.2 Å². The van der Waals surface area contributed by atoms with Gasteiger partial charge in [0, 0.05) is 17.1 Å². The summed E-state index contributed by atoms with van der Waals surface area (Å²) in [6.07, 6.45) is 1.01. The minimum atomic E-state index is 0.0563. The van der Waals surface area contributed by atoms with Crippen molar-refractivity contribution in [2.24, 2.45) is 0 Å². The normalized spacial score (nSPS) is 16.6. The summed E-state index contributed by atoms with van der Waals surface area (Å²) in [6.45, 7) is 7.68. The predicted octanol–water partition coefficient (Wildman–Crippen LogP) is 5.77. The van der Waals surface area contributed by atoms with E-state index in [9.17, 15) is 4.79 Å². The van der Waals surface area contributed by atoms with Crippen LogP contribution in [0, 0.1) is 6.92 Å². The molecule has 0 radical (unpaired) electrons. The van der Waals surface area contributed by atoms with Gasteiger partial charge in [0.2, 0.25) is 5.91 Å². The third-order valence-corrected chi connectivity index (χ3v) is 6.72. The molecule has 0 spiro atoms. The van der Waals surface area contributed by atoms with Gasteiger partial charge in [0.15, 0.2) is 0 Å². The number of nitrogens with one attached hydrogen (secondary N) is 1. The third kappa shape index (κ3) is 4.14. The highest BCUT2D eigenvalue weighted by Gasteiger charge is 2.30. The average molecular weight is 405 g/mol. The molecular formula is C25H28N2OS. The summed E-state index contributed by atoms with van der Waals surface area (Å²) in [5.74, 6) is 0.423. The van der Waals surface area contributed by atoms with Crippen LogP contribution in [0.5, 0.6) is 0 Å². The maximum Gasteiger partial charge on any atom is 0.238 e. The van der Waals surface area contributed by atoms with Crippen LogP contribution in [0.1, 0.15) is 52.9 Å². The van der Waals surface area contributed by atoms with Crippen LogP contribution >= 0.6 is 11.3 Å². The molecule has 0 bridgehead atoms. The Morgan fingerprint density at radius 3 is 2.69 bits per heavy atom. The maximum absolute atomic E-state index is 13.1. The van der Waals surface area contributed by atoms with E-state index in [1.54, 1.807) is 0 Å². The van der Waals surface area contributed by atoms with E-state index in [-0.39, 0.29) is 11.9 Å². The lowest BCUT2D eigenvalue weighted by molar-refractivity contribution is -0.117. The zero-order chi connectivity index (χ0) is 20.4. The highest BCUT2D eigenvalue weighted by atomic mass is 32.1. The highest BCUT2D eigenvalue weighted by Crippen LogP contribution is 2.37. The molecule has 1 aromatic heterocycles. The number of thiophene rings is 1. The van der Waals surface area contributed by atoms with Gasteiger partial charge in [-0.25, -0.2) is 0 Å². The van der Waals surface area contributed by atoms with Crippen molar-refractivity contribution in [1.29, 1.82) is 0 Å². The first-order chi connectivity index (χ1) is 14.0. The van der Waals surface area contributed by atoms with E-state index in [1.165, 1.54) is 21.6 Å². The van der Waals surface area contributed by atoms with Crippen LogP contribution in [0.25, 0.3) is 0 Å². The molecule has 150 valence electrons. The van der Waals surface area contributed by atoms with Crippen LogP contribution in [0.2, 0.25) is 0 Å². The predicted molar refractivity (Wildman–Crippen MR) is 122 cm³/mol. The van der Waals surface area contributed by atoms with Crippen LogP contribution in [0.4, 0.5) is 5.69 Å². The molecule has 1 amide bonds. The fourth-order valence-corrected chi connectivity index (χ4v) is 5.17. The van der Waals surface area contributed by atoms with Gasteiger partial charge in [0.25, 0.3) is 0 Å². The van der Waals surface area contributed by atoms with Crippen molar-refractivity contribution in [2.45, 2.75) is 39.2 Å². The molecule has 1 atom stereocenters. The molecule has 3 aromatic rings. The zero-order valence-corrected chi connectivity index (χ0v) is 18.1. The topological polar surface area (TPSA) is 32.3 Å². The number of hydrogen-bond acceptors (Lipinski definition) is 3. The van der Waals surface area contributed by atoms with E-state index in [2.05, 4.69) is 84.9 Å². The molecule has 29 heavy (non-hydrogen) atoms. The number of anilines is 1. The van der Waals surface area contributed by atoms with E-state index >= 15 is 0 Å². The van der Waals surface area contributed by atoms with Crippen molar-refractivity contribution in [1.82, 2.24) is 4.90 Å². The molecule has 4 rings (SSSR count). The SMILES string of the molecule is Cc1cccc(C(C)C)c1NC(=O)CN1CCc2sccc2[C@@H]1c1ccccc1. The summed E-state index contributed by atoms with van der Waals surface area (Å²) in [5.41, 5.74) is 5.87. The monoisotopic (exact) mass is 404 g/mol. The Morgan fingerprint density at radius 1 is 1.14 bits per heavy atom. The summed E-state index contributed by atoms with van der Waals surface area (Å²) in [6, 6.07) is 19.1. The smallest absolute Gasteiger partial charge is 0.238 e. The molecule has 2 aromatic carbocycles. The largest absolute Gasteiger partial charge is 0.324 e. The average Bonchev–Trinajstić information content (AvgIpc) is 3.18. The van der Waals surface area contributed by atoms with Gasteiger partial charge in [-0.05, 0) is 53.0 Å². The zero-order valence-electron chi connectivity index (χ0n) is 17.3. The molecule has 1 N–H and O–H groups in total. The molecule has 1 aliphatic heterocycles. The van der Waals surface area contributed by atoms with Crippen LogP contribution in [-0.2, 0) is 11.2 Å². The van der Waals surface area contributed by atoms with Crippen LogP contribution in [0.3, 0.4) is 0 Å². The second-order valence-electron chi connectivity index (χ2n) is 8.07. The van der Waals surface area contributed by atoms with Gasteiger partial charge >= 0.3 is 0 Å². The van der Waals surface area contributed by atoms with Gasteiger partial charge in [0.1, 0.15) is 0 Å². The van der Waals surface area contributed by atoms with Crippen molar-refractivity contribution in [3.63, 3.8) is 0 Å². The molecule has 0 saturated carbocycles. The lowest BCUT2D eigenvalue weighted by Crippen LogP contribution is -2.40. The molecule has 2 heterocycles. The number of para-hydroxylation sites is 1. The van der Waals surface area contributed by atoms with Crippen molar-refractivity contribution in [2.75, 3.05) is 18.4 Å². The highest BCUT2D eigenvalue weighted by molar-refractivity contribution is 7.10. The van der Waals surface area contributed by atoms with E-state index in [4.69, 9.17) is 0 Å². The Balaban J connectivity index is 1.58. The molecule has 0 saturated heterocycles. The van der Waals surface area contributed by atoms with Gasteiger partial charge in [-0.15, -0.1) is 11.3 Å². The molecule has 0 fully saturated rings. The maximum atomic E-state index is 13.1. The van der Waals surface area contributed by atoms with Crippen molar-refractivity contribution in [3.8, 4) is 0 Å². The number of fused-ring (bicyclic) bond motifs is 1. The van der Waals surface area contributed by atoms with E-state index < -0.39 is 0 Å². The van der Waals surface area contributed by atoms with E-state index in [1.807, 2.05) is 17.4 Å². The molecule has 4 heteroatoms. The summed E-state index contributed by atoms with van der Waals surface area (Å²) in [5, 5.41) is 5.39. The van der Waals surface area contributed by atoms with Gasteiger partial charge in [-0.1, -0.05) is 62.4 Å². The molecular weight excluding hydrogens is 376 g/mol. The lowest BCUT2D eigenvalue weighted by atomic mass is 9.93. The number of benzene rings is 2. The Bertz CT molecular complexity index is 993. The first-order valence-electron chi connectivity index (χ1n) is 10.3. The van der Waals surface area contributed by atoms with Crippen molar-refractivity contribution < 1.29 is 4.79 Å². The number of carbonyl (C=O) groups excluding carboxylic acids is 1. The lowest BCUT2D eigenvalue weighted by Gasteiger charge is -2.36. The number of amides is 1. The van der Waals surface area contributed by atoms with Gasteiger partial charge in [0.05, 0.1) is 12.6 Å². The minimum absolute atomic E-state index is 0.0563. The molecule has 3 nitrogen and oxygen atoms in total. The Morgan fingerprint density at radius 2 is 1.93 bits per heavy atom. The summed E-state index contributed by atoms with van der Waals surface area (Å²) in [4.78, 5) is 16.8. The van der Waals surface area contributed by atoms with Crippen LogP contribution < -0.4 is 5.32 Å². The number of carbonyl (C=O) groups is 1. The second kappa shape index (κ2) is 8.52.